The van der Waals surface area contributed by atoms with Gasteiger partial charge in [0.15, 0.2) is 0 Å². The molecule has 0 radical (unpaired) electrons. The molecule has 0 N–H and O–H groups in total. The summed E-state index contributed by atoms with van der Waals surface area (Å²) in [6.07, 6.45) is 3.47. The van der Waals surface area contributed by atoms with Gasteiger partial charge < -0.3 is 9.64 Å². The van der Waals surface area contributed by atoms with Gasteiger partial charge in [0.25, 0.3) is 0 Å². The van der Waals surface area contributed by atoms with E-state index in [0.29, 0.717) is 12.2 Å². The van der Waals surface area contributed by atoms with Crippen LogP contribution < -0.4 is 4.74 Å². The predicted molar refractivity (Wildman–Crippen MR) is 81.5 cm³/mol. The minimum Gasteiger partial charge on any atom is -0.497 e. The maximum atomic E-state index is 12.5. The van der Waals surface area contributed by atoms with Crippen molar-refractivity contribution in [1.82, 2.24) is 4.90 Å². The average Bonchev–Trinajstić information content (AvgIpc) is 2.42. The fourth-order valence-corrected chi connectivity index (χ4v) is 3.11. The van der Waals surface area contributed by atoms with Crippen molar-refractivity contribution in [2.24, 2.45) is 0 Å². The van der Waals surface area contributed by atoms with E-state index in [0.717, 1.165) is 31.6 Å². The van der Waals surface area contributed by atoms with E-state index < -0.39 is 0 Å². The van der Waals surface area contributed by atoms with E-state index in [4.69, 9.17) is 4.74 Å². The Bertz CT molecular complexity index is 496. The molecule has 0 saturated carbocycles. The molecule has 0 fully saturated rings. The molecule has 0 amide bonds. The van der Waals surface area contributed by atoms with Gasteiger partial charge in [-0.05, 0) is 70.1 Å². The molecule has 1 atom stereocenters. The minimum absolute atomic E-state index is 0.349. The van der Waals surface area contributed by atoms with Crippen LogP contribution in [-0.4, -0.2) is 38.4 Å². The minimum atomic E-state index is -0.349. The van der Waals surface area contributed by atoms with Crippen LogP contribution in [0.2, 0.25) is 0 Å². The van der Waals surface area contributed by atoms with Crippen LogP contribution in [0.4, 0.5) is 0 Å². The van der Waals surface area contributed by atoms with E-state index in [2.05, 4.69) is 38.1 Å². The maximum Gasteiger partial charge on any atom is 0.143 e. The second kappa shape index (κ2) is 5.96. The van der Waals surface area contributed by atoms with Crippen LogP contribution in [0.3, 0.4) is 0 Å². The fraction of sp³-hybridized carbons (Fsp3) is 0.588. The van der Waals surface area contributed by atoms with Gasteiger partial charge >= 0.3 is 0 Å². The highest BCUT2D eigenvalue weighted by Crippen LogP contribution is 2.39. The average molecular weight is 275 g/mol. The molecule has 1 aromatic rings. The molecule has 0 unspecified atom stereocenters. The van der Waals surface area contributed by atoms with E-state index in [1.807, 2.05) is 6.07 Å². The van der Waals surface area contributed by atoms with Gasteiger partial charge in [-0.2, -0.15) is 0 Å². The number of carbonyl (C=O) groups excluding carboxylic acids is 1. The number of rotatable bonds is 5. The number of aryl methyl sites for hydroxylation is 1. The van der Waals surface area contributed by atoms with E-state index in [1.165, 1.54) is 11.1 Å². The zero-order valence-corrected chi connectivity index (χ0v) is 13.0. The van der Waals surface area contributed by atoms with Crippen LogP contribution in [0.1, 0.15) is 37.3 Å². The molecule has 1 aliphatic carbocycles. The first kappa shape index (κ1) is 15.0. The molecule has 0 heterocycles. The number of Topliss-reactive ketones (excluding diaryl/α,β-unsaturated/α-hetero) is 1. The molecule has 1 aliphatic rings. The number of methoxy groups -OCH3 is 1. The number of hydrogen-bond acceptors (Lipinski definition) is 3. The lowest BCUT2D eigenvalue weighted by atomic mass is 9.68. The second-order valence-electron chi connectivity index (χ2n) is 6.19. The highest BCUT2D eigenvalue weighted by molar-refractivity contribution is 5.92. The van der Waals surface area contributed by atoms with Crippen molar-refractivity contribution in [3.63, 3.8) is 0 Å². The molecular formula is C17H25NO2. The van der Waals surface area contributed by atoms with Crippen molar-refractivity contribution < 1.29 is 9.53 Å². The van der Waals surface area contributed by atoms with E-state index in [9.17, 15) is 4.79 Å². The standard InChI is InChI=1S/C17H25NO2/c1-17(10-5-11-18(2)3)15-12-14(20-4)8-6-13(15)7-9-16(17)19/h6,8,12H,5,7,9-11H2,1-4H3/t17-/m1/s1. The Hall–Kier alpha value is -1.35. The molecule has 0 bridgehead atoms. The Morgan fingerprint density at radius 3 is 2.70 bits per heavy atom. The molecule has 3 heteroatoms. The molecular weight excluding hydrogens is 250 g/mol. The molecule has 0 spiro atoms. The molecule has 2 rings (SSSR count). The van der Waals surface area contributed by atoms with Crippen molar-refractivity contribution in [3.8, 4) is 5.75 Å². The molecule has 0 aromatic heterocycles. The smallest absolute Gasteiger partial charge is 0.143 e. The molecule has 20 heavy (non-hydrogen) atoms. The van der Waals surface area contributed by atoms with Crippen LogP contribution in [0.25, 0.3) is 0 Å². The Morgan fingerprint density at radius 1 is 1.30 bits per heavy atom. The van der Waals surface area contributed by atoms with Gasteiger partial charge in [-0.3, -0.25) is 4.79 Å². The zero-order valence-electron chi connectivity index (χ0n) is 13.0. The Kier molecular flexibility index (Phi) is 4.48. The Balaban J connectivity index is 2.29. The maximum absolute atomic E-state index is 12.5. The lowest BCUT2D eigenvalue weighted by molar-refractivity contribution is -0.125. The number of carbonyl (C=O) groups is 1. The van der Waals surface area contributed by atoms with Crippen molar-refractivity contribution in [2.45, 2.75) is 38.0 Å². The summed E-state index contributed by atoms with van der Waals surface area (Å²) in [6, 6.07) is 6.17. The lowest BCUT2D eigenvalue weighted by Gasteiger charge is -2.35. The number of ether oxygens (including phenoxy) is 1. The van der Waals surface area contributed by atoms with Crippen molar-refractivity contribution in [2.75, 3.05) is 27.7 Å². The number of fused-ring (bicyclic) bond motifs is 1. The third kappa shape index (κ3) is 2.88. The SMILES string of the molecule is COc1ccc2c(c1)[C@@](C)(CCCN(C)C)C(=O)CC2. The monoisotopic (exact) mass is 275 g/mol. The molecule has 3 nitrogen and oxygen atoms in total. The molecule has 110 valence electrons. The summed E-state index contributed by atoms with van der Waals surface area (Å²) in [5, 5.41) is 0. The summed E-state index contributed by atoms with van der Waals surface area (Å²) >= 11 is 0. The van der Waals surface area contributed by atoms with Crippen molar-refractivity contribution >= 4 is 5.78 Å². The van der Waals surface area contributed by atoms with Crippen LogP contribution in [0, 0.1) is 0 Å². The van der Waals surface area contributed by atoms with Crippen LogP contribution in [-0.2, 0) is 16.6 Å². The summed E-state index contributed by atoms with van der Waals surface area (Å²) in [6.45, 7) is 3.12. The summed E-state index contributed by atoms with van der Waals surface area (Å²) in [7, 11) is 5.82. The van der Waals surface area contributed by atoms with Gasteiger partial charge in [0.1, 0.15) is 11.5 Å². The van der Waals surface area contributed by atoms with Crippen LogP contribution >= 0.6 is 0 Å². The number of nitrogens with zero attached hydrogens (tertiary/aromatic N) is 1. The Labute approximate surface area is 121 Å². The van der Waals surface area contributed by atoms with Crippen molar-refractivity contribution in [3.05, 3.63) is 29.3 Å². The van der Waals surface area contributed by atoms with Crippen LogP contribution in [0.5, 0.6) is 5.75 Å². The number of ketones is 1. The van der Waals surface area contributed by atoms with Gasteiger partial charge in [-0.1, -0.05) is 6.07 Å². The summed E-state index contributed by atoms with van der Waals surface area (Å²) in [5.74, 6) is 1.22. The highest BCUT2D eigenvalue weighted by atomic mass is 16.5. The second-order valence-corrected chi connectivity index (χ2v) is 6.19. The summed E-state index contributed by atoms with van der Waals surface area (Å²) < 4.78 is 5.33. The fourth-order valence-electron chi connectivity index (χ4n) is 3.11. The van der Waals surface area contributed by atoms with Gasteiger partial charge in [0.2, 0.25) is 0 Å². The normalized spacial score (nSPS) is 21.9. The highest BCUT2D eigenvalue weighted by Gasteiger charge is 2.39. The topological polar surface area (TPSA) is 29.5 Å². The third-order valence-electron chi connectivity index (χ3n) is 4.43. The molecule has 0 saturated heterocycles. The van der Waals surface area contributed by atoms with Gasteiger partial charge in [-0.25, -0.2) is 0 Å². The first-order valence-corrected chi connectivity index (χ1v) is 7.33. The zero-order chi connectivity index (χ0) is 14.8. The third-order valence-corrected chi connectivity index (χ3v) is 4.43. The van der Waals surface area contributed by atoms with Crippen molar-refractivity contribution in [1.29, 1.82) is 0 Å². The van der Waals surface area contributed by atoms with Gasteiger partial charge in [-0.15, -0.1) is 0 Å². The molecule has 1 aromatic carbocycles. The van der Waals surface area contributed by atoms with Gasteiger partial charge in [0, 0.05) is 6.42 Å². The summed E-state index contributed by atoms with van der Waals surface area (Å²) in [5.41, 5.74) is 2.13. The van der Waals surface area contributed by atoms with Gasteiger partial charge in [0.05, 0.1) is 12.5 Å². The first-order valence-electron chi connectivity index (χ1n) is 7.33. The predicted octanol–water partition coefficient (Wildman–Crippen LogP) is 2.81. The van der Waals surface area contributed by atoms with E-state index in [-0.39, 0.29) is 5.41 Å². The Morgan fingerprint density at radius 2 is 2.05 bits per heavy atom. The van der Waals surface area contributed by atoms with E-state index in [1.54, 1.807) is 7.11 Å². The number of benzene rings is 1. The quantitative estimate of drug-likeness (QED) is 0.827. The van der Waals surface area contributed by atoms with Crippen LogP contribution in [0.15, 0.2) is 18.2 Å². The molecule has 0 aliphatic heterocycles. The lowest BCUT2D eigenvalue weighted by Crippen LogP contribution is -2.38. The summed E-state index contributed by atoms with van der Waals surface area (Å²) in [4.78, 5) is 14.7. The van der Waals surface area contributed by atoms with E-state index >= 15 is 0 Å². The number of hydrogen-bond donors (Lipinski definition) is 0. The first-order chi connectivity index (χ1) is 9.47. The largest absolute Gasteiger partial charge is 0.497 e.